The highest BCUT2D eigenvalue weighted by molar-refractivity contribution is 5.58. The molecule has 0 radical (unpaired) electrons. The molecule has 1 aromatic rings. The summed E-state index contributed by atoms with van der Waals surface area (Å²) in [6.45, 7) is 3.47. The van der Waals surface area contributed by atoms with Crippen LogP contribution in [0.3, 0.4) is 0 Å². The van der Waals surface area contributed by atoms with Gasteiger partial charge in [-0.1, -0.05) is 0 Å². The molecule has 94 valence electrons. The monoisotopic (exact) mass is 234 g/mol. The fraction of sp³-hybridized carbons (Fsp3) is 0.571. The van der Waals surface area contributed by atoms with Crippen molar-refractivity contribution in [3.63, 3.8) is 0 Å². The maximum absolute atomic E-state index is 8.93. The first-order valence-corrected chi connectivity index (χ1v) is 6.46. The second-order valence-electron chi connectivity index (χ2n) is 4.90. The molecule has 2 rings (SSSR count). The van der Waals surface area contributed by atoms with E-state index in [0.29, 0.717) is 12.6 Å². The molecule has 1 saturated heterocycles. The molecule has 0 spiro atoms. The first-order chi connectivity index (χ1) is 8.22. The molecule has 1 heterocycles. The Kier molecular flexibility index (Phi) is 3.89. The van der Waals surface area contributed by atoms with Crippen LogP contribution < -0.4 is 10.6 Å². The van der Waals surface area contributed by atoms with Gasteiger partial charge in [0.1, 0.15) is 0 Å². The molecule has 1 fully saturated rings. The van der Waals surface area contributed by atoms with Crippen molar-refractivity contribution >= 4 is 11.4 Å². The summed E-state index contributed by atoms with van der Waals surface area (Å²) in [4.78, 5) is 2.46. The number of aliphatic hydroxyl groups is 1. The van der Waals surface area contributed by atoms with Crippen LogP contribution in [0.4, 0.5) is 11.4 Å². The average molecular weight is 234 g/mol. The van der Waals surface area contributed by atoms with Crippen molar-refractivity contribution in [3.05, 3.63) is 23.8 Å². The van der Waals surface area contributed by atoms with Crippen molar-refractivity contribution in [2.75, 3.05) is 23.8 Å². The molecule has 3 nitrogen and oxygen atoms in total. The maximum Gasteiger partial charge on any atom is 0.0431 e. The van der Waals surface area contributed by atoms with Gasteiger partial charge in [0.15, 0.2) is 0 Å². The van der Waals surface area contributed by atoms with E-state index in [1.165, 1.54) is 18.5 Å². The third-order valence-corrected chi connectivity index (χ3v) is 3.66. The number of benzene rings is 1. The second-order valence-corrected chi connectivity index (χ2v) is 4.90. The van der Waals surface area contributed by atoms with Crippen LogP contribution in [0, 0.1) is 6.92 Å². The minimum atomic E-state index is 0.297. The number of aliphatic hydroxyl groups excluding tert-OH is 1. The summed E-state index contributed by atoms with van der Waals surface area (Å²) in [5.74, 6) is 0. The predicted molar refractivity (Wildman–Crippen MR) is 72.3 cm³/mol. The zero-order valence-electron chi connectivity index (χ0n) is 10.5. The first-order valence-electron chi connectivity index (χ1n) is 6.46. The number of hydrogen-bond acceptors (Lipinski definition) is 3. The first kappa shape index (κ1) is 12.2. The molecule has 0 amide bonds. The number of hydrogen-bond donors (Lipinski definition) is 2. The molecule has 0 saturated carbocycles. The summed E-state index contributed by atoms with van der Waals surface area (Å²) in [6, 6.07) is 6.86. The van der Waals surface area contributed by atoms with Crippen molar-refractivity contribution < 1.29 is 5.11 Å². The number of nitrogens with two attached hydrogens (primary N) is 1. The van der Waals surface area contributed by atoms with E-state index in [-0.39, 0.29) is 0 Å². The van der Waals surface area contributed by atoms with Crippen LogP contribution in [0.25, 0.3) is 0 Å². The van der Waals surface area contributed by atoms with E-state index in [0.717, 1.165) is 30.6 Å². The van der Waals surface area contributed by atoms with E-state index in [2.05, 4.69) is 24.0 Å². The lowest BCUT2D eigenvalue weighted by Gasteiger charge is -2.27. The Morgan fingerprint density at radius 2 is 2.29 bits per heavy atom. The standard InChI is InChI=1S/C14H22N2O/c1-11-10-13(6-7-14(11)15)16-8-2-4-12(16)5-3-9-17/h6-7,10,12,17H,2-5,8-9,15H2,1H3. The predicted octanol–water partition coefficient (Wildman–Crippen LogP) is 2.32. The highest BCUT2D eigenvalue weighted by Gasteiger charge is 2.24. The van der Waals surface area contributed by atoms with E-state index in [1.807, 2.05) is 6.07 Å². The fourth-order valence-electron chi connectivity index (χ4n) is 2.64. The Morgan fingerprint density at radius 1 is 1.47 bits per heavy atom. The quantitative estimate of drug-likeness (QED) is 0.786. The lowest BCUT2D eigenvalue weighted by molar-refractivity contribution is 0.279. The topological polar surface area (TPSA) is 49.5 Å². The molecular formula is C14H22N2O. The van der Waals surface area contributed by atoms with E-state index < -0.39 is 0 Å². The summed E-state index contributed by atoms with van der Waals surface area (Å²) in [5.41, 5.74) is 9.14. The SMILES string of the molecule is Cc1cc(N2CCCC2CCCO)ccc1N. The lowest BCUT2D eigenvalue weighted by Crippen LogP contribution is -2.29. The van der Waals surface area contributed by atoms with Gasteiger partial charge < -0.3 is 15.7 Å². The van der Waals surface area contributed by atoms with Crippen LogP contribution in [0.2, 0.25) is 0 Å². The van der Waals surface area contributed by atoms with Gasteiger partial charge in [-0.25, -0.2) is 0 Å². The molecule has 3 heteroatoms. The lowest BCUT2D eigenvalue weighted by atomic mass is 10.1. The molecule has 17 heavy (non-hydrogen) atoms. The molecule has 0 aliphatic carbocycles. The van der Waals surface area contributed by atoms with E-state index >= 15 is 0 Å². The maximum atomic E-state index is 8.93. The number of rotatable bonds is 4. The molecule has 1 unspecified atom stereocenters. The molecule has 1 aromatic carbocycles. The molecule has 1 aliphatic heterocycles. The van der Waals surface area contributed by atoms with Gasteiger partial charge in [0.05, 0.1) is 0 Å². The largest absolute Gasteiger partial charge is 0.399 e. The minimum Gasteiger partial charge on any atom is -0.399 e. The Balaban J connectivity index is 2.11. The molecule has 0 bridgehead atoms. The second kappa shape index (κ2) is 5.41. The van der Waals surface area contributed by atoms with Gasteiger partial charge in [-0.05, 0) is 56.4 Å². The van der Waals surface area contributed by atoms with E-state index in [1.54, 1.807) is 0 Å². The van der Waals surface area contributed by atoms with E-state index in [9.17, 15) is 0 Å². The third-order valence-electron chi connectivity index (χ3n) is 3.66. The van der Waals surface area contributed by atoms with Crippen molar-refractivity contribution in [1.29, 1.82) is 0 Å². The van der Waals surface area contributed by atoms with Crippen LogP contribution in [0.1, 0.15) is 31.2 Å². The summed E-state index contributed by atoms with van der Waals surface area (Å²) >= 11 is 0. The van der Waals surface area contributed by atoms with Crippen molar-refractivity contribution in [3.8, 4) is 0 Å². The van der Waals surface area contributed by atoms with Gasteiger partial charge in [-0.2, -0.15) is 0 Å². The highest BCUT2D eigenvalue weighted by atomic mass is 16.2. The summed E-state index contributed by atoms with van der Waals surface area (Å²) in [7, 11) is 0. The summed E-state index contributed by atoms with van der Waals surface area (Å²) in [5, 5.41) is 8.93. The van der Waals surface area contributed by atoms with Crippen molar-refractivity contribution in [2.24, 2.45) is 0 Å². The Morgan fingerprint density at radius 3 is 3.00 bits per heavy atom. The minimum absolute atomic E-state index is 0.297. The van der Waals surface area contributed by atoms with Gasteiger partial charge in [0, 0.05) is 30.6 Å². The normalized spacial score (nSPS) is 19.9. The number of aryl methyl sites for hydroxylation is 1. The van der Waals surface area contributed by atoms with Crippen molar-refractivity contribution in [1.82, 2.24) is 0 Å². The van der Waals surface area contributed by atoms with Crippen molar-refractivity contribution in [2.45, 2.75) is 38.6 Å². The van der Waals surface area contributed by atoms with Crippen LogP contribution in [-0.2, 0) is 0 Å². The summed E-state index contributed by atoms with van der Waals surface area (Å²) < 4.78 is 0. The number of anilines is 2. The highest BCUT2D eigenvalue weighted by Crippen LogP contribution is 2.29. The fourth-order valence-corrected chi connectivity index (χ4v) is 2.64. The Labute approximate surface area is 103 Å². The van der Waals surface area contributed by atoms with Crippen LogP contribution in [0.5, 0.6) is 0 Å². The Hall–Kier alpha value is -1.22. The van der Waals surface area contributed by atoms with Gasteiger partial charge >= 0.3 is 0 Å². The molecule has 1 aliphatic rings. The molecule has 1 atom stereocenters. The third kappa shape index (κ3) is 2.72. The van der Waals surface area contributed by atoms with Crippen LogP contribution in [0.15, 0.2) is 18.2 Å². The number of nitrogen functional groups attached to an aromatic ring is 1. The molecule has 0 aromatic heterocycles. The Bertz CT molecular complexity index is 378. The van der Waals surface area contributed by atoms with Gasteiger partial charge in [-0.15, -0.1) is 0 Å². The van der Waals surface area contributed by atoms with Crippen LogP contribution in [-0.4, -0.2) is 24.3 Å². The van der Waals surface area contributed by atoms with Gasteiger partial charge in [-0.3, -0.25) is 0 Å². The smallest absolute Gasteiger partial charge is 0.0431 e. The molecular weight excluding hydrogens is 212 g/mol. The van der Waals surface area contributed by atoms with E-state index in [4.69, 9.17) is 10.8 Å². The number of nitrogens with zero attached hydrogens (tertiary/aromatic N) is 1. The zero-order valence-corrected chi connectivity index (χ0v) is 10.5. The van der Waals surface area contributed by atoms with Gasteiger partial charge in [0.2, 0.25) is 0 Å². The average Bonchev–Trinajstić information content (AvgIpc) is 2.78. The van der Waals surface area contributed by atoms with Crippen LogP contribution >= 0.6 is 0 Å². The van der Waals surface area contributed by atoms with Gasteiger partial charge in [0.25, 0.3) is 0 Å². The zero-order chi connectivity index (χ0) is 12.3. The molecule has 3 N–H and O–H groups in total. The summed E-state index contributed by atoms with van der Waals surface area (Å²) in [6.07, 6.45) is 4.47.